The summed E-state index contributed by atoms with van der Waals surface area (Å²) in [5.41, 5.74) is 5.03. The minimum Gasteiger partial charge on any atom is -0.496 e. The fourth-order valence-corrected chi connectivity index (χ4v) is 2.98. The lowest BCUT2D eigenvalue weighted by Gasteiger charge is -2.12. The molecular formula is C18H21IN2O3. The van der Waals surface area contributed by atoms with Crippen molar-refractivity contribution in [2.75, 3.05) is 20.8 Å². The van der Waals surface area contributed by atoms with Gasteiger partial charge >= 0.3 is 0 Å². The van der Waals surface area contributed by atoms with Gasteiger partial charge in [0, 0.05) is 5.56 Å². The van der Waals surface area contributed by atoms with Crippen molar-refractivity contribution in [1.82, 2.24) is 5.43 Å². The van der Waals surface area contributed by atoms with Crippen molar-refractivity contribution >= 4 is 28.8 Å². The molecule has 0 saturated heterocycles. The lowest BCUT2D eigenvalue weighted by molar-refractivity contribution is 0.308. The molecule has 0 spiro atoms. The summed E-state index contributed by atoms with van der Waals surface area (Å²) in [4.78, 5) is 0. The van der Waals surface area contributed by atoms with Crippen LogP contribution in [0.3, 0.4) is 0 Å². The first-order valence-electron chi connectivity index (χ1n) is 7.57. The zero-order valence-electron chi connectivity index (χ0n) is 14.0. The molecule has 6 heteroatoms. The minimum atomic E-state index is 0.589. The van der Waals surface area contributed by atoms with Crippen LogP contribution in [0, 0.1) is 3.57 Å². The van der Waals surface area contributed by atoms with Crippen LogP contribution < -0.4 is 19.6 Å². The highest BCUT2D eigenvalue weighted by atomic mass is 127. The molecule has 0 aliphatic carbocycles. The number of hydrazone groups is 1. The van der Waals surface area contributed by atoms with E-state index in [-0.39, 0.29) is 0 Å². The summed E-state index contributed by atoms with van der Waals surface area (Å²) < 4.78 is 17.3. The average Bonchev–Trinajstić information content (AvgIpc) is 2.61. The van der Waals surface area contributed by atoms with Crippen LogP contribution in [0.15, 0.2) is 41.5 Å². The third kappa shape index (κ3) is 4.77. The molecule has 0 aromatic heterocycles. The number of benzene rings is 2. The second kappa shape index (κ2) is 9.36. The number of para-hydroxylation sites is 1. The lowest BCUT2D eigenvalue weighted by Crippen LogP contribution is -2.07. The highest BCUT2D eigenvalue weighted by molar-refractivity contribution is 14.1. The zero-order valence-corrected chi connectivity index (χ0v) is 16.2. The van der Waals surface area contributed by atoms with Crippen LogP contribution in [0.2, 0.25) is 0 Å². The van der Waals surface area contributed by atoms with Crippen LogP contribution in [0.4, 0.5) is 0 Å². The highest BCUT2D eigenvalue weighted by Gasteiger charge is 2.10. The van der Waals surface area contributed by atoms with Crippen LogP contribution in [-0.2, 0) is 6.54 Å². The average molecular weight is 440 g/mol. The topological polar surface area (TPSA) is 52.1 Å². The van der Waals surface area contributed by atoms with E-state index in [0.717, 1.165) is 26.2 Å². The number of nitrogens with zero attached hydrogens (tertiary/aromatic N) is 1. The first-order valence-corrected chi connectivity index (χ1v) is 8.65. The fraction of sp³-hybridized carbons (Fsp3) is 0.278. The number of nitrogens with one attached hydrogen (secondary N) is 1. The van der Waals surface area contributed by atoms with E-state index in [0.29, 0.717) is 18.9 Å². The number of hydrogen-bond acceptors (Lipinski definition) is 5. The largest absolute Gasteiger partial charge is 0.496 e. The van der Waals surface area contributed by atoms with Crippen molar-refractivity contribution in [2.24, 2.45) is 5.10 Å². The monoisotopic (exact) mass is 440 g/mol. The summed E-state index contributed by atoms with van der Waals surface area (Å²) in [6.45, 7) is 3.14. The maximum atomic E-state index is 5.62. The summed E-state index contributed by atoms with van der Waals surface area (Å²) in [5.74, 6) is 2.31. The molecule has 24 heavy (non-hydrogen) atoms. The molecule has 0 aliphatic rings. The minimum absolute atomic E-state index is 0.589. The third-order valence-electron chi connectivity index (χ3n) is 3.31. The van der Waals surface area contributed by atoms with Gasteiger partial charge in [0.1, 0.15) is 5.75 Å². The van der Waals surface area contributed by atoms with E-state index in [9.17, 15) is 0 Å². The van der Waals surface area contributed by atoms with Gasteiger partial charge in [-0.1, -0.05) is 18.2 Å². The third-order valence-corrected chi connectivity index (χ3v) is 4.11. The van der Waals surface area contributed by atoms with Crippen LogP contribution in [0.5, 0.6) is 17.2 Å². The number of rotatable bonds is 8. The van der Waals surface area contributed by atoms with Gasteiger partial charge in [-0.05, 0) is 53.3 Å². The molecule has 2 rings (SSSR count). The Hall–Kier alpha value is -1.96. The first kappa shape index (κ1) is 18.4. The normalized spacial score (nSPS) is 10.7. The maximum Gasteiger partial charge on any atom is 0.174 e. The summed E-state index contributed by atoms with van der Waals surface area (Å²) in [6.07, 6.45) is 1.76. The Morgan fingerprint density at radius 2 is 1.88 bits per heavy atom. The molecule has 128 valence electrons. The van der Waals surface area contributed by atoms with Gasteiger partial charge in [-0.25, -0.2) is 0 Å². The van der Waals surface area contributed by atoms with E-state index in [2.05, 4.69) is 33.1 Å². The first-order chi connectivity index (χ1) is 11.7. The molecule has 0 amide bonds. The molecule has 0 unspecified atom stereocenters. The Kier molecular flexibility index (Phi) is 7.17. The standard InChI is InChI=1S/C18H21IN2O3/c1-4-24-18-15(19)9-13(10-17(18)23-3)11-20-21-12-14-7-5-6-8-16(14)22-2/h5-11,21H,4,12H2,1-3H3/b20-11+. The number of halogens is 1. The van der Waals surface area contributed by atoms with Gasteiger partial charge in [0.25, 0.3) is 0 Å². The fourth-order valence-electron chi connectivity index (χ4n) is 2.20. The molecule has 0 saturated carbocycles. The molecule has 0 heterocycles. The second-order valence-corrected chi connectivity index (χ2v) is 6.03. The smallest absolute Gasteiger partial charge is 0.174 e. The van der Waals surface area contributed by atoms with Crippen molar-refractivity contribution in [3.8, 4) is 17.2 Å². The molecule has 0 atom stereocenters. The second-order valence-electron chi connectivity index (χ2n) is 4.87. The Bertz CT molecular complexity index is 705. The predicted octanol–water partition coefficient (Wildman–Crippen LogP) is 3.83. The van der Waals surface area contributed by atoms with Crippen molar-refractivity contribution in [2.45, 2.75) is 13.5 Å². The van der Waals surface area contributed by atoms with Gasteiger partial charge in [0.15, 0.2) is 11.5 Å². The number of hydrogen-bond donors (Lipinski definition) is 1. The molecular weight excluding hydrogens is 419 g/mol. The summed E-state index contributed by atoms with van der Waals surface area (Å²) in [5, 5.41) is 4.27. The van der Waals surface area contributed by atoms with E-state index >= 15 is 0 Å². The summed E-state index contributed by atoms with van der Waals surface area (Å²) in [6, 6.07) is 11.8. The quantitative estimate of drug-likeness (QED) is 0.385. The SMILES string of the molecule is CCOc1c(I)cc(/C=N/NCc2ccccc2OC)cc1OC. The van der Waals surface area contributed by atoms with Crippen molar-refractivity contribution in [3.63, 3.8) is 0 Å². The molecule has 2 aromatic carbocycles. The van der Waals surface area contributed by atoms with Gasteiger partial charge < -0.3 is 19.6 Å². The number of ether oxygens (including phenoxy) is 3. The van der Waals surface area contributed by atoms with Gasteiger partial charge in [-0.15, -0.1) is 0 Å². The number of methoxy groups -OCH3 is 2. The summed E-state index contributed by atoms with van der Waals surface area (Å²) in [7, 11) is 3.30. The van der Waals surface area contributed by atoms with Crippen LogP contribution in [0.1, 0.15) is 18.1 Å². The molecule has 0 aliphatic heterocycles. The molecule has 0 radical (unpaired) electrons. The van der Waals surface area contributed by atoms with E-state index in [1.165, 1.54) is 0 Å². The van der Waals surface area contributed by atoms with Crippen molar-refractivity contribution in [1.29, 1.82) is 0 Å². The van der Waals surface area contributed by atoms with E-state index < -0.39 is 0 Å². The lowest BCUT2D eigenvalue weighted by atomic mass is 10.2. The Balaban J connectivity index is 2.05. The zero-order chi connectivity index (χ0) is 17.4. The highest BCUT2D eigenvalue weighted by Crippen LogP contribution is 2.33. The molecule has 5 nitrogen and oxygen atoms in total. The van der Waals surface area contributed by atoms with Gasteiger partial charge in [-0.3, -0.25) is 0 Å². The van der Waals surface area contributed by atoms with E-state index in [1.807, 2.05) is 43.3 Å². The van der Waals surface area contributed by atoms with Gasteiger partial charge in [0.05, 0.1) is 37.2 Å². The van der Waals surface area contributed by atoms with Crippen molar-refractivity contribution in [3.05, 3.63) is 51.1 Å². The predicted molar refractivity (Wildman–Crippen MR) is 104 cm³/mol. The molecule has 2 aromatic rings. The van der Waals surface area contributed by atoms with E-state index in [1.54, 1.807) is 20.4 Å². The van der Waals surface area contributed by atoms with Crippen LogP contribution in [0.25, 0.3) is 0 Å². The molecule has 0 fully saturated rings. The van der Waals surface area contributed by atoms with Crippen LogP contribution in [-0.4, -0.2) is 27.0 Å². The molecule has 1 N–H and O–H groups in total. The Morgan fingerprint density at radius 1 is 1.12 bits per heavy atom. The van der Waals surface area contributed by atoms with E-state index in [4.69, 9.17) is 14.2 Å². The Morgan fingerprint density at radius 3 is 2.58 bits per heavy atom. The Labute approximate surface area is 156 Å². The van der Waals surface area contributed by atoms with Crippen molar-refractivity contribution < 1.29 is 14.2 Å². The van der Waals surface area contributed by atoms with Gasteiger partial charge in [0.2, 0.25) is 0 Å². The van der Waals surface area contributed by atoms with Crippen LogP contribution >= 0.6 is 22.6 Å². The van der Waals surface area contributed by atoms with Gasteiger partial charge in [-0.2, -0.15) is 5.10 Å². The maximum absolute atomic E-state index is 5.62. The summed E-state index contributed by atoms with van der Waals surface area (Å²) >= 11 is 2.23. The molecule has 0 bridgehead atoms.